The number of amides is 1. The third kappa shape index (κ3) is 2.63. The van der Waals surface area contributed by atoms with Gasteiger partial charge in [-0.05, 0) is 30.2 Å². The van der Waals surface area contributed by atoms with Crippen molar-refractivity contribution < 1.29 is 9.53 Å². The van der Waals surface area contributed by atoms with Crippen molar-refractivity contribution in [2.45, 2.75) is 6.42 Å². The van der Waals surface area contributed by atoms with Crippen molar-refractivity contribution in [2.24, 2.45) is 0 Å². The van der Waals surface area contributed by atoms with Crippen LogP contribution < -0.4 is 4.74 Å². The molecule has 2 heterocycles. The third-order valence-corrected chi connectivity index (χ3v) is 4.14. The number of ether oxygens (including phenoxy) is 1. The molecule has 1 aromatic carbocycles. The number of alkyl halides is 1. The Balaban J connectivity index is 1.91. The molecule has 1 aliphatic heterocycles. The highest BCUT2D eigenvalue weighted by Gasteiger charge is 2.18. The molecule has 1 amide bonds. The van der Waals surface area contributed by atoms with Crippen molar-refractivity contribution in [3.63, 3.8) is 0 Å². The summed E-state index contributed by atoms with van der Waals surface area (Å²) in [5.74, 6) is 0.888. The lowest BCUT2D eigenvalue weighted by molar-refractivity contribution is -0.128. The van der Waals surface area contributed by atoms with Crippen LogP contribution in [0, 0.1) is 0 Å². The van der Waals surface area contributed by atoms with Gasteiger partial charge in [0.2, 0.25) is 5.91 Å². The van der Waals surface area contributed by atoms with Gasteiger partial charge in [-0.15, -0.1) is 11.6 Å². The lowest BCUT2D eigenvalue weighted by Gasteiger charge is -2.25. The Morgan fingerprint density at radius 2 is 2.33 bits per heavy atom. The topological polar surface area (TPSA) is 45.3 Å². The van der Waals surface area contributed by atoms with Gasteiger partial charge in [0, 0.05) is 35.8 Å². The van der Waals surface area contributed by atoms with Crippen LogP contribution in [0.2, 0.25) is 0 Å². The van der Waals surface area contributed by atoms with Crippen LogP contribution >= 0.6 is 11.6 Å². The average Bonchev–Trinajstić information content (AvgIpc) is 2.97. The summed E-state index contributed by atoms with van der Waals surface area (Å²) < 4.78 is 5.30. The fourth-order valence-corrected chi connectivity index (χ4v) is 2.89. The molecule has 5 heteroatoms. The predicted octanol–water partition coefficient (Wildman–Crippen LogP) is 3.03. The van der Waals surface area contributed by atoms with Crippen LogP contribution in [0.25, 0.3) is 16.5 Å². The molecule has 0 bridgehead atoms. The van der Waals surface area contributed by atoms with Crippen molar-refractivity contribution >= 4 is 34.0 Å². The number of hydrogen-bond donors (Lipinski definition) is 1. The van der Waals surface area contributed by atoms with Gasteiger partial charge in [-0.25, -0.2) is 0 Å². The number of rotatable bonds is 3. The second-order valence-electron chi connectivity index (χ2n) is 5.07. The summed E-state index contributed by atoms with van der Waals surface area (Å²) in [5.41, 5.74) is 3.53. The number of hydrogen-bond acceptors (Lipinski definition) is 2. The zero-order valence-corrected chi connectivity index (χ0v) is 12.6. The molecule has 0 aliphatic carbocycles. The molecule has 0 saturated heterocycles. The van der Waals surface area contributed by atoms with E-state index < -0.39 is 0 Å². The Hall–Kier alpha value is -1.94. The molecule has 0 atom stereocenters. The van der Waals surface area contributed by atoms with Gasteiger partial charge >= 0.3 is 0 Å². The summed E-state index contributed by atoms with van der Waals surface area (Å²) in [6.45, 7) is 1.34. The predicted molar refractivity (Wildman–Crippen MR) is 84.7 cm³/mol. The molecule has 4 nitrogen and oxygen atoms in total. The fourth-order valence-electron chi connectivity index (χ4n) is 2.72. The first-order valence-corrected chi connectivity index (χ1v) is 7.44. The first-order chi connectivity index (χ1) is 10.2. The molecule has 1 aliphatic rings. The van der Waals surface area contributed by atoms with E-state index in [1.165, 1.54) is 11.1 Å². The number of nitrogens with one attached hydrogen (secondary N) is 1. The number of methoxy groups -OCH3 is 1. The van der Waals surface area contributed by atoms with Gasteiger partial charge in [0.05, 0.1) is 7.11 Å². The van der Waals surface area contributed by atoms with E-state index >= 15 is 0 Å². The summed E-state index contributed by atoms with van der Waals surface area (Å²) >= 11 is 5.60. The summed E-state index contributed by atoms with van der Waals surface area (Å²) in [6.07, 6.45) is 4.97. The van der Waals surface area contributed by atoms with Gasteiger partial charge in [0.1, 0.15) is 11.6 Å². The molecule has 110 valence electrons. The monoisotopic (exact) mass is 304 g/mol. The normalized spacial score (nSPS) is 15.1. The highest BCUT2D eigenvalue weighted by atomic mass is 35.5. The summed E-state index contributed by atoms with van der Waals surface area (Å²) in [5, 5.41) is 1.15. The number of carbonyl (C=O) groups is 1. The number of nitrogens with zero attached hydrogens (tertiary/aromatic N) is 1. The van der Waals surface area contributed by atoms with Crippen LogP contribution in [0.3, 0.4) is 0 Å². The van der Waals surface area contributed by atoms with Gasteiger partial charge in [0.25, 0.3) is 0 Å². The lowest BCUT2D eigenvalue weighted by Crippen LogP contribution is -2.35. The molecule has 1 aromatic heterocycles. The van der Waals surface area contributed by atoms with E-state index in [9.17, 15) is 4.79 Å². The van der Waals surface area contributed by atoms with Crippen LogP contribution in [-0.2, 0) is 4.79 Å². The smallest absolute Gasteiger partial charge is 0.237 e. The highest BCUT2D eigenvalue weighted by Crippen LogP contribution is 2.31. The van der Waals surface area contributed by atoms with E-state index in [-0.39, 0.29) is 11.8 Å². The van der Waals surface area contributed by atoms with E-state index in [1.807, 2.05) is 24.4 Å². The highest BCUT2D eigenvalue weighted by molar-refractivity contribution is 6.27. The fraction of sp³-hybridized carbons (Fsp3) is 0.312. The zero-order chi connectivity index (χ0) is 14.8. The number of aromatic nitrogens is 1. The number of fused-ring (bicyclic) bond motifs is 1. The van der Waals surface area contributed by atoms with Gasteiger partial charge in [0.15, 0.2) is 0 Å². The maximum atomic E-state index is 11.6. The molecule has 0 unspecified atom stereocenters. The maximum absolute atomic E-state index is 11.6. The first-order valence-electron chi connectivity index (χ1n) is 6.91. The first kappa shape index (κ1) is 14.0. The number of carbonyl (C=O) groups excluding carboxylic acids is 1. The molecular weight excluding hydrogens is 288 g/mol. The van der Waals surface area contributed by atoms with Crippen molar-refractivity contribution in [1.82, 2.24) is 9.88 Å². The van der Waals surface area contributed by atoms with Crippen LogP contribution in [0.4, 0.5) is 0 Å². The molecule has 0 spiro atoms. The summed E-state index contributed by atoms with van der Waals surface area (Å²) in [4.78, 5) is 16.7. The molecule has 0 fully saturated rings. The quantitative estimate of drug-likeness (QED) is 0.886. The van der Waals surface area contributed by atoms with Crippen molar-refractivity contribution in [1.29, 1.82) is 0 Å². The number of aromatic amines is 1. The SMILES string of the molecule is COc1ccc2[nH]cc(C3=CCN(C(=O)CCl)CC3)c2c1. The Kier molecular flexibility index (Phi) is 3.88. The Labute approximate surface area is 128 Å². The largest absolute Gasteiger partial charge is 0.497 e. The second-order valence-corrected chi connectivity index (χ2v) is 5.33. The van der Waals surface area contributed by atoms with E-state index in [2.05, 4.69) is 11.1 Å². The second kappa shape index (κ2) is 5.82. The van der Waals surface area contributed by atoms with Gasteiger partial charge < -0.3 is 14.6 Å². The molecule has 3 rings (SSSR count). The zero-order valence-electron chi connectivity index (χ0n) is 11.9. The van der Waals surface area contributed by atoms with Crippen LogP contribution in [0.1, 0.15) is 12.0 Å². The minimum absolute atomic E-state index is 0.00689. The van der Waals surface area contributed by atoms with E-state index in [1.54, 1.807) is 12.0 Å². The van der Waals surface area contributed by atoms with Crippen molar-refractivity contribution in [3.8, 4) is 5.75 Å². The standard InChI is InChI=1S/C16H17ClN2O2/c1-21-12-2-3-15-13(8-12)14(10-18-15)11-4-6-19(7-5-11)16(20)9-17/h2-4,8,10,18H,5-7,9H2,1H3. The van der Waals surface area contributed by atoms with E-state index in [0.29, 0.717) is 13.1 Å². The van der Waals surface area contributed by atoms with Gasteiger partial charge in [-0.2, -0.15) is 0 Å². The Morgan fingerprint density at radius 1 is 1.48 bits per heavy atom. The van der Waals surface area contributed by atoms with Crippen LogP contribution in [-0.4, -0.2) is 41.9 Å². The van der Waals surface area contributed by atoms with Gasteiger partial charge in [-0.3, -0.25) is 4.79 Å². The van der Waals surface area contributed by atoms with Crippen LogP contribution in [0.5, 0.6) is 5.75 Å². The molecule has 0 saturated carbocycles. The minimum Gasteiger partial charge on any atom is -0.497 e. The van der Waals surface area contributed by atoms with Gasteiger partial charge in [-0.1, -0.05) is 6.08 Å². The summed E-state index contributed by atoms with van der Waals surface area (Å²) in [7, 11) is 1.67. The maximum Gasteiger partial charge on any atom is 0.237 e. The third-order valence-electron chi connectivity index (χ3n) is 3.91. The van der Waals surface area contributed by atoms with E-state index in [0.717, 1.165) is 23.1 Å². The number of H-pyrrole nitrogens is 1. The lowest BCUT2D eigenvalue weighted by atomic mass is 9.99. The van der Waals surface area contributed by atoms with E-state index in [4.69, 9.17) is 16.3 Å². The number of benzene rings is 1. The Morgan fingerprint density at radius 3 is 3.00 bits per heavy atom. The van der Waals surface area contributed by atoms with Crippen LogP contribution in [0.15, 0.2) is 30.5 Å². The molecule has 21 heavy (non-hydrogen) atoms. The Bertz CT molecular complexity index is 705. The molecular formula is C16H17ClN2O2. The van der Waals surface area contributed by atoms with Crippen molar-refractivity contribution in [3.05, 3.63) is 36.0 Å². The number of halogens is 1. The minimum atomic E-state index is -0.00689. The molecule has 0 radical (unpaired) electrons. The molecule has 2 aromatic rings. The molecule has 1 N–H and O–H groups in total. The average molecular weight is 305 g/mol. The summed E-state index contributed by atoms with van der Waals surface area (Å²) in [6, 6.07) is 6.00. The van der Waals surface area contributed by atoms with Crippen molar-refractivity contribution in [2.75, 3.05) is 26.1 Å².